The quantitative estimate of drug-likeness (QED) is 0.412. The third kappa shape index (κ3) is 6.04. The highest BCUT2D eigenvalue weighted by molar-refractivity contribution is 5.50. The van der Waals surface area contributed by atoms with Gasteiger partial charge in [-0.25, -0.2) is 0 Å². The lowest BCUT2D eigenvalue weighted by Gasteiger charge is -2.32. The summed E-state index contributed by atoms with van der Waals surface area (Å²) in [5.74, 6) is 0.528. The van der Waals surface area contributed by atoms with Gasteiger partial charge in [-0.2, -0.15) is 0 Å². The lowest BCUT2D eigenvalue weighted by atomic mass is 9.73. The van der Waals surface area contributed by atoms with Crippen molar-refractivity contribution in [2.45, 2.75) is 110 Å². The molecule has 0 aliphatic heterocycles. The van der Waals surface area contributed by atoms with Crippen molar-refractivity contribution in [1.82, 2.24) is 0 Å². The highest BCUT2D eigenvalue weighted by atomic mass is 16.3. The average Bonchev–Trinajstić information content (AvgIpc) is 2.55. The van der Waals surface area contributed by atoms with Crippen molar-refractivity contribution in [2.75, 3.05) is 0 Å². The predicted octanol–water partition coefficient (Wildman–Crippen LogP) is 7.48. The van der Waals surface area contributed by atoms with Crippen LogP contribution in [0.3, 0.4) is 0 Å². The third-order valence-corrected chi connectivity index (χ3v) is 5.73. The Balaban J connectivity index is 3.23. The fourth-order valence-corrected chi connectivity index (χ4v) is 3.77. The van der Waals surface area contributed by atoms with Crippen molar-refractivity contribution in [3.8, 4) is 5.75 Å². The van der Waals surface area contributed by atoms with Gasteiger partial charge in [0.1, 0.15) is 5.75 Å². The van der Waals surface area contributed by atoms with Gasteiger partial charge in [-0.3, -0.25) is 0 Å². The Bertz CT molecular complexity index is 482. The summed E-state index contributed by atoms with van der Waals surface area (Å²) in [6, 6.07) is 4.39. The fourth-order valence-electron chi connectivity index (χ4n) is 3.77. The fraction of sp³-hybridized carbons (Fsp3) is 0.708. The monoisotopic (exact) mass is 345 g/mol. The van der Waals surface area contributed by atoms with Gasteiger partial charge >= 0.3 is 0 Å². The number of phenols is 1. The molecule has 0 amide bonds. The first-order valence-corrected chi connectivity index (χ1v) is 10.4. The molecule has 1 rings (SSSR count). The summed E-state index contributed by atoms with van der Waals surface area (Å²) in [6.45, 7) is 17.7. The van der Waals surface area contributed by atoms with Gasteiger partial charge in [0, 0.05) is 11.1 Å². The van der Waals surface area contributed by atoms with Crippen LogP contribution in [0, 0.1) is 6.92 Å². The maximum Gasteiger partial charge on any atom is 0.123 e. The molecule has 1 radical (unpaired) electrons. The largest absolute Gasteiger partial charge is 0.507 e. The van der Waals surface area contributed by atoms with E-state index >= 15 is 0 Å². The molecule has 0 spiro atoms. The van der Waals surface area contributed by atoms with Crippen LogP contribution in [0.15, 0.2) is 12.1 Å². The van der Waals surface area contributed by atoms with Gasteiger partial charge in [0.05, 0.1) is 0 Å². The average molecular weight is 346 g/mol. The molecule has 0 unspecified atom stereocenters. The van der Waals surface area contributed by atoms with E-state index in [9.17, 15) is 5.11 Å². The standard InChI is InChI=1S/C24H41O/c1-8-11-13-15-23(4,5)20-17-19(10-3)18-21(22(20)25)24(6,7)16-14-12-9-2/h17-18,25H,3,8-16H2,1-2,4-7H3. The summed E-state index contributed by atoms with van der Waals surface area (Å²) in [5, 5.41) is 11.2. The second-order valence-corrected chi connectivity index (χ2v) is 8.97. The predicted molar refractivity (Wildman–Crippen MR) is 112 cm³/mol. The number of hydrogen-bond donors (Lipinski definition) is 1. The zero-order valence-corrected chi connectivity index (χ0v) is 17.7. The molecule has 0 heterocycles. The molecule has 0 aliphatic rings. The summed E-state index contributed by atoms with van der Waals surface area (Å²) in [5.41, 5.74) is 3.47. The van der Waals surface area contributed by atoms with Crippen molar-refractivity contribution in [1.29, 1.82) is 0 Å². The molecule has 1 N–H and O–H groups in total. The van der Waals surface area contributed by atoms with Crippen LogP contribution in [0.1, 0.15) is 110 Å². The molecule has 0 aromatic heterocycles. The molecule has 0 atom stereocenters. The Morgan fingerprint density at radius 1 is 0.800 bits per heavy atom. The summed E-state index contributed by atoms with van der Waals surface area (Å²) < 4.78 is 0. The summed E-state index contributed by atoms with van der Waals surface area (Å²) >= 11 is 0. The molecule has 0 saturated heterocycles. The first-order chi connectivity index (χ1) is 11.7. The van der Waals surface area contributed by atoms with Crippen LogP contribution in [0.25, 0.3) is 0 Å². The van der Waals surface area contributed by atoms with Crippen molar-refractivity contribution in [3.63, 3.8) is 0 Å². The number of hydrogen-bond acceptors (Lipinski definition) is 1. The van der Waals surface area contributed by atoms with E-state index in [4.69, 9.17) is 0 Å². The van der Waals surface area contributed by atoms with Crippen LogP contribution in [-0.4, -0.2) is 5.11 Å². The van der Waals surface area contributed by atoms with E-state index < -0.39 is 0 Å². The second-order valence-electron chi connectivity index (χ2n) is 8.97. The van der Waals surface area contributed by atoms with Gasteiger partial charge in [0.15, 0.2) is 0 Å². The number of aromatic hydroxyl groups is 1. The number of rotatable bonds is 11. The van der Waals surface area contributed by atoms with Gasteiger partial charge < -0.3 is 5.11 Å². The van der Waals surface area contributed by atoms with Crippen molar-refractivity contribution in [2.24, 2.45) is 0 Å². The summed E-state index contributed by atoms with van der Waals surface area (Å²) in [6.07, 6.45) is 10.4. The van der Waals surface area contributed by atoms with E-state index in [1.807, 2.05) is 0 Å². The molecule has 0 bridgehead atoms. The number of unbranched alkanes of at least 4 members (excludes halogenated alkanes) is 4. The minimum absolute atomic E-state index is 0.00131. The molecule has 0 aliphatic carbocycles. The van der Waals surface area contributed by atoms with Gasteiger partial charge in [-0.1, -0.05) is 92.2 Å². The Morgan fingerprint density at radius 2 is 1.20 bits per heavy atom. The van der Waals surface area contributed by atoms with Crippen LogP contribution in [0.4, 0.5) is 0 Å². The summed E-state index contributed by atoms with van der Waals surface area (Å²) in [4.78, 5) is 0. The number of benzene rings is 1. The maximum absolute atomic E-state index is 11.2. The highest BCUT2D eigenvalue weighted by Crippen LogP contribution is 2.43. The smallest absolute Gasteiger partial charge is 0.123 e. The summed E-state index contributed by atoms with van der Waals surface area (Å²) in [7, 11) is 0. The van der Waals surface area contributed by atoms with Crippen LogP contribution in [0.2, 0.25) is 0 Å². The first-order valence-electron chi connectivity index (χ1n) is 10.4. The molecule has 0 fully saturated rings. The SMILES string of the molecule is [CH2]Cc1cc(C(C)(C)CCCCC)c(O)c(C(C)(C)CCCCC)c1. The van der Waals surface area contributed by atoms with Crippen LogP contribution < -0.4 is 0 Å². The normalized spacial score (nSPS) is 12.6. The minimum atomic E-state index is -0.00131. The van der Waals surface area contributed by atoms with E-state index in [1.165, 1.54) is 44.1 Å². The zero-order chi connectivity index (χ0) is 19.1. The van der Waals surface area contributed by atoms with Crippen LogP contribution in [-0.2, 0) is 17.3 Å². The third-order valence-electron chi connectivity index (χ3n) is 5.73. The van der Waals surface area contributed by atoms with Gasteiger partial charge in [-0.05, 0) is 42.6 Å². The maximum atomic E-state index is 11.2. The first kappa shape index (κ1) is 22.1. The van der Waals surface area contributed by atoms with E-state index in [-0.39, 0.29) is 10.8 Å². The Labute approximate surface area is 157 Å². The van der Waals surface area contributed by atoms with Crippen molar-refractivity contribution in [3.05, 3.63) is 35.7 Å². The van der Waals surface area contributed by atoms with Crippen molar-refractivity contribution >= 4 is 0 Å². The number of phenolic OH excluding ortho intramolecular Hbond substituents is 1. The Hall–Kier alpha value is -0.980. The highest BCUT2D eigenvalue weighted by Gasteiger charge is 2.30. The van der Waals surface area contributed by atoms with E-state index in [2.05, 4.69) is 60.6 Å². The molecular weight excluding hydrogens is 304 g/mol. The van der Waals surface area contributed by atoms with Crippen LogP contribution in [0.5, 0.6) is 5.75 Å². The Kier molecular flexibility index (Phi) is 8.51. The molecule has 1 heteroatoms. The van der Waals surface area contributed by atoms with Crippen LogP contribution >= 0.6 is 0 Å². The molecule has 0 saturated carbocycles. The van der Waals surface area contributed by atoms with Gasteiger partial charge in [0.2, 0.25) is 0 Å². The molecular formula is C24H41O. The molecule has 143 valence electrons. The van der Waals surface area contributed by atoms with E-state index in [1.54, 1.807) is 0 Å². The molecule has 1 nitrogen and oxygen atoms in total. The van der Waals surface area contributed by atoms with E-state index in [0.29, 0.717) is 5.75 Å². The lowest BCUT2D eigenvalue weighted by Crippen LogP contribution is -2.22. The topological polar surface area (TPSA) is 20.2 Å². The van der Waals surface area contributed by atoms with Gasteiger partial charge in [0.25, 0.3) is 0 Å². The molecule has 1 aromatic carbocycles. The molecule has 25 heavy (non-hydrogen) atoms. The van der Waals surface area contributed by atoms with Gasteiger partial charge in [-0.15, -0.1) is 0 Å². The van der Waals surface area contributed by atoms with E-state index in [0.717, 1.165) is 30.4 Å². The van der Waals surface area contributed by atoms with Crippen molar-refractivity contribution < 1.29 is 5.11 Å². The second kappa shape index (κ2) is 9.64. The zero-order valence-electron chi connectivity index (χ0n) is 17.7. The minimum Gasteiger partial charge on any atom is -0.507 e. The lowest BCUT2D eigenvalue weighted by molar-refractivity contribution is 0.380. The molecule has 1 aromatic rings. The Morgan fingerprint density at radius 3 is 1.52 bits per heavy atom.